The van der Waals surface area contributed by atoms with Crippen molar-refractivity contribution >= 4 is 12.0 Å². The summed E-state index contributed by atoms with van der Waals surface area (Å²) in [5.41, 5.74) is 0.860. The van der Waals surface area contributed by atoms with E-state index in [-0.39, 0.29) is 12.1 Å². The van der Waals surface area contributed by atoms with Crippen molar-refractivity contribution in [2.45, 2.75) is 45.2 Å². The van der Waals surface area contributed by atoms with Gasteiger partial charge in [0.2, 0.25) is 0 Å². The van der Waals surface area contributed by atoms with E-state index in [0.717, 1.165) is 18.4 Å². The van der Waals surface area contributed by atoms with Gasteiger partial charge in [0.05, 0.1) is 12.2 Å². The van der Waals surface area contributed by atoms with Crippen LogP contribution in [0.4, 0.5) is 4.79 Å². The Morgan fingerprint density at radius 2 is 2.38 bits per heavy atom. The van der Waals surface area contributed by atoms with Crippen molar-refractivity contribution in [3.63, 3.8) is 0 Å². The number of aliphatic carboxylic acids is 1. The number of amides is 2. The molecule has 3 N–H and O–H groups in total. The molecule has 7 nitrogen and oxygen atoms in total. The molecule has 0 aromatic carbocycles. The molecule has 0 saturated carbocycles. The van der Waals surface area contributed by atoms with Gasteiger partial charge in [-0.15, -0.1) is 0 Å². The average molecular weight is 294 g/mol. The van der Waals surface area contributed by atoms with Crippen molar-refractivity contribution in [1.82, 2.24) is 20.4 Å². The number of aromatic nitrogens is 2. The largest absolute Gasteiger partial charge is 0.480 e. The van der Waals surface area contributed by atoms with E-state index in [2.05, 4.69) is 22.4 Å². The second-order valence-electron chi connectivity index (χ2n) is 5.55. The number of carbonyl (C=O) groups is 2. The maximum absolute atomic E-state index is 12.3. The van der Waals surface area contributed by atoms with Crippen LogP contribution in [-0.2, 0) is 4.79 Å². The van der Waals surface area contributed by atoms with Crippen molar-refractivity contribution in [3.05, 3.63) is 18.0 Å². The predicted molar refractivity (Wildman–Crippen MR) is 76.7 cm³/mol. The first kappa shape index (κ1) is 15.3. The quantitative estimate of drug-likeness (QED) is 0.788. The minimum absolute atomic E-state index is 0.213. The summed E-state index contributed by atoms with van der Waals surface area (Å²) in [5.74, 6) is -0.555. The lowest BCUT2D eigenvalue weighted by Crippen LogP contribution is -2.53. The van der Waals surface area contributed by atoms with Crippen LogP contribution in [0.2, 0.25) is 0 Å². The number of H-pyrrole nitrogens is 1. The molecule has 1 fully saturated rings. The van der Waals surface area contributed by atoms with Crippen molar-refractivity contribution in [2.24, 2.45) is 5.92 Å². The molecular formula is C14H22N4O3. The van der Waals surface area contributed by atoms with Crippen LogP contribution < -0.4 is 5.32 Å². The van der Waals surface area contributed by atoms with E-state index in [4.69, 9.17) is 0 Å². The maximum Gasteiger partial charge on any atom is 0.326 e. The fourth-order valence-electron chi connectivity index (χ4n) is 2.74. The van der Waals surface area contributed by atoms with Gasteiger partial charge in [0, 0.05) is 18.3 Å². The van der Waals surface area contributed by atoms with E-state index in [1.165, 1.54) is 4.90 Å². The molecule has 1 aromatic rings. The third-order valence-corrected chi connectivity index (χ3v) is 4.19. The summed E-state index contributed by atoms with van der Waals surface area (Å²) in [7, 11) is 0. The van der Waals surface area contributed by atoms with Gasteiger partial charge in [0.25, 0.3) is 0 Å². The summed E-state index contributed by atoms with van der Waals surface area (Å²) in [4.78, 5) is 25.2. The van der Waals surface area contributed by atoms with Crippen LogP contribution in [0.5, 0.6) is 0 Å². The lowest BCUT2D eigenvalue weighted by atomic mass is 9.89. The first-order chi connectivity index (χ1) is 10.0. The molecular weight excluding hydrogens is 272 g/mol. The minimum Gasteiger partial charge on any atom is -0.480 e. The number of hydrogen-bond donors (Lipinski definition) is 3. The van der Waals surface area contributed by atoms with Crippen LogP contribution in [0.1, 0.15) is 44.7 Å². The molecule has 1 aromatic heterocycles. The van der Waals surface area contributed by atoms with Crippen LogP contribution in [0.15, 0.2) is 12.4 Å². The topological polar surface area (TPSA) is 98.3 Å². The zero-order chi connectivity index (χ0) is 15.4. The normalized spacial score (nSPS) is 23.6. The number of rotatable bonds is 4. The number of piperidine rings is 1. The fraction of sp³-hybridized carbons (Fsp3) is 0.643. The number of carbonyl (C=O) groups excluding carboxylic acids is 1. The van der Waals surface area contributed by atoms with Gasteiger partial charge in [-0.1, -0.05) is 13.3 Å². The second-order valence-corrected chi connectivity index (χ2v) is 5.55. The Kier molecular flexibility index (Phi) is 4.82. The zero-order valence-corrected chi connectivity index (χ0v) is 12.4. The SMILES string of the molecule is CCC1CCN(C(=O)NC(C)c2cn[nH]c2)C(C(=O)O)C1. The Hall–Kier alpha value is -2.05. The molecule has 1 aliphatic rings. The van der Waals surface area contributed by atoms with Gasteiger partial charge in [-0.3, -0.25) is 5.10 Å². The van der Waals surface area contributed by atoms with Gasteiger partial charge in [-0.2, -0.15) is 5.10 Å². The highest BCUT2D eigenvalue weighted by molar-refractivity contribution is 5.83. The van der Waals surface area contributed by atoms with Gasteiger partial charge >= 0.3 is 12.0 Å². The predicted octanol–water partition coefficient (Wildman–Crippen LogP) is 1.76. The molecule has 21 heavy (non-hydrogen) atoms. The summed E-state index contributed by atoms with van der Waals surface area (Å²) < 4.78 is 0. The summed E-state index contributed by atoms with van der Waals surface area (Å²) in [5, 5.41) is 18.7. The molecule has 2 rings (SSSR count). The molecule has 0 spiro atoms. The molecule has 1 saturated heterocycles. The molecule has 0 bridgehead atoms. The van der Waals surface area contributed by atoms with Crippen molar-refractivity contribution in [2.75, 3.05) is 6.54 Å². The lowest BCUT2D eigenvalue weighted by molar-refractivity contribution is -0.144. The maximum atomic E-state index is 12.3. The smallest absolute Gasteiger partial charge is 0.326 e. The minimum atomic E-state index is -0.931. The number of carboxylic acid groups (broad SMARTS) is 1. The Morgan fingerprint density at radius 3 is 2.95 bits per heavy atom. The molecule has 0 aliphatic carbocycles. The van der Waals surface area contributed by atoms with E-state index in [1.807, 2.05) is 6.92 Å². The van der Waals surface area contributed by atoms with Gasteiger partial charge in [0.1, 0.15) is 6.04 Å². The lowest BCUT2D eigenvalue weighted by Gasteiger charge is -2.37. The van der Waals surface area contributed by atoms with E-state index >= 15 is 0 Å². The van der Waals surface area contributed by atoms with Crippen LogP contribution in [-0.4, -0.2) is 44.8 Å². The molecule has 3 atom stereocenters. The number of nitrogens with one attached hydrogen (secondary N) is 2. The van der Waals surface area contributed by atoms with E-state index in [9.17, 15) is 14.7 Å². The zero-order valence-electron chi connectivity index (χ0n) is 12.4. The molecule has 2 heterocycles. The molecule has 1 aliphatic heterocycles. The first-order valence-corrected chi connectivity index (χ1v) is 7.31. The number of urea groups is 1. The Bertz CT molecular complexity index is 488. The van der Waals surface area contributed by atoms with E-state index < -0.39 is 12.0 Å². The second kappa shape index (κ2) is 6.60. The Morgan fingerprint density at radius 1 is 1.62 bits per heavy atom. The van der Waals surface area contributed by atoms with Crippen LogP contribution >= 0.6 is 0 Å². The van der Waals surface area contributed by atoms with Gasteiger partial charge in [-0.25, -0.2) is 9.59 Å². The summed E-state index contributed by atoms with van der Waals surface area (Å²) >= 11 is 0. The average Bonchev–Trinajstić information content (AvgIpc) is 3.00. The highest BCUT2D eigenvalue weighted by Crippen LogP contribution is 2.26. The van der Waals surface area contributed by atoms with Gasteiger partial charge in [0.15, 0.2) is 0 Å². The Balaban J connectivity index is 2.01. The summed E-state index contributed by atoms with van der Waals surface area (Å²) in [6, 6.07) is -1.28. The molecule has 2 amide bonds. The standard InChI is InChI=1S/C14H22N4O3/c1-3-10-4-5-18(12(6-10)13(19)20)14(21)17-9(2)11-7-15-16-8-11/h7-10,12H,3-6H2,1-2H3,(H,15,16)(H,17,21)(H,19,20). The van der Waals surface area contributed by atoms with Crippen LogP contribution in [0.3, 0.4) is 0 Å². The summed E-state index contributed by atoms with van der Waals surface area (Å²) in [6.07, 6.45) is 5.68. The number of likely N-dealkylation sites (tertiary alicyclic amines) is 1. The Labute approximate surface area is 123 Å². The fourth-order valence-corrected chi connectivity index (χ4v) is 2.74. The highest BCUT2D eigenvalue weighted by Gasteiger charge is 2.36. The molecule has 7 heteroatoms. The van der Waals surface area contributed by atoms with Crippen LogP contribution in [0.25, 0.3) is 0 Å². The number of carboxylic acids is 1. The third-order valence-electron chi connectivity index (χ3n) is 4.19. The molecule has 3 unspecified atom stereocenters. The monoisotopic (exact) mass is 294 g/mol. The summed E-state index contributed by atoms with van der Waals surface area (Å²) in [6.45, 7) is 4.39. The van der Waals surface area contributed by atoms with Gasteiger partial charge in [-0.05, 0) is 25.7 Å². The highest BCUT2D eigenvalue weighted by atomic mass is 16.4. The van der Waals surface area contributed by atoms with Crippen LogP contribution in [0, 0.1) is 5.92 Å². The van der Waals surface area contributed by atoms with Crippen molar-refractivity contribution < 1.29 is 14.7 Å². The van der Waals surface area contributed by atoms with E-state index in [0.29, 0.717) is 18.9 Å². The third kappa shape index (κ3) is 3.53. The van der Waals surface area contributed by atoms with Crippen molar-refractivity contribution in [3.8, 4) is 0 Å². The van der Waals surface area contributed by atoms with Crippen molar-refractivity contribution in [1.29, 1.82) is 0 Å². The number of nitrogens with zero attached hydrogens (tertiary/aromatic N) is 2. The molecule has 0 radical (unpaired) electrons. The number of aromatic amines is 1. The number of hydrogen-bond acceptors (Lipinski definition) is 3. The first-order valence-electron chi connectivity index (χ1n) is 7.31. The molecule has 116 valence electrons. The van der Waals surface area contributed by atoms with E-state index in [1.54, 1.807) is 12.4 Å². The van der Waals surface area contributed by atoms with Gasteiger partial charge < -0.3 is 15.3 Å².